The first kappa shape index (κ1) is 13.9. The summed E-state index contributed by atoms with van der Waals surface area (Å²) < 4.78 is 0. The molecule has 1 saturated carbocycles. The zero-order chi connectivity index (χ0) is 13.7. The summed E-state index contributed by atoms with van der Waals surface area (Å²) in [5.74, 6) is 0. The van der Waals surface area contributed by atoms with Gasteiger partial charge in [-0.3, -0.25) is 0 Å². The molecule has 3 heteroatoms. The second-order valence-electron chi connectivity index (χ2n) is 5.65. The molecule has 1 fully saturated rings. The number of rotatable bonds is 3. The Bertz CT molecular complexity index is 468. The van der Waals surface area contributed by atoms with Crippen LogP contribution in [0, 0.1) is 18.3 Å². The van der Waals surface area contributed by atoms with Crippen molar-refractivity contribution in [2.75, 3.05) is 11.9 Å². The van der Waals surface area contributed by atoms with Gasteiger partial charge in [-0.1, -0.05) is 31.7 Å². The molecule has 0 unspecified atom stereocenters. The average molecular weight is 258 g/mol. The minimum Gasteiger partial charge on any atom is -0.388 e. The normalized spacial score (nSPS) is 18.4. The molecule has 0 aromatic heterocycles. The lowest BCUT2D eigenvalue weighted by Gasteiger charge is -2.27. The summed E-state index contributed by atoms with van der Waals surface area (Å²) >= 11 is 0. The number of anilines is 1. The summed E-state index contributed by atoms with van der Waals surface area (Å²) in [6.07, 6.45) is 6.34. The van der Waals surface area contributed by atoms with Crippen LogP contribution < -0.4 is 5.32 Å². The number of benzene rings is 1. The van der Waals surface area contributed by atoms with Crippen LogP contribution in [0.1, 0.15) is 49.7 Å². The van der Waals surface area contributed by atoms with Crippen LogP contribution in [-0.4, -0.2) is 17.3 Å². The van der Waals surface area contributed by atoms with E-state index in [1.165, 1.54) is 12.8 Å². The molecule has 1 aromatic carbocycles. The van der Waals surface area contributed by atoms with E-state index in [0.717, 1.165) is 36.9 Å². The van der Waals surface area contributed by atoms with E-state index in [-0.39, 0.29) is 0 Å². The molecule has 0 bridgehead atoms. The van der Waals surface area contributed by atoms with Crippen molar-refractivity contribution >= 4 is 5.69 Å². The Morgan fingerprint density at radius 2 is 1.95 bits per heavy atom. The Morgan fingerprint density at radius 3 is 2.58 bits per heavy atom. The monoisotopic (exact) mass is 258 g/mol. The van der Waals surface area contributed by atoms with Gasteiger partial charge in [0.2, 0.25) is 0 Å². The molecule has 3 nitrogen and oxygen atoms in total. The van der Waals surface area contributed by atoms with Crippen LogP contribution in [-0.2, 0) is 0 Å². The first-order valence-electron chi connectivity index (χ1n) is 7.10. The number of nitrogens with one attached hydrogen (secondary N) is 1. The molecule has 0 radical (unpaired) electrons. The van der Waals surface area contributed by atoms with E-state index >= 15 is 0 Å². The molecule has 0 aliphatic heterocycles. The largest absolute Gasteiger partial charge is 0.388 e. The van der Waals surface area contributed by atoms with Gasteiger partial charge in [-0.25, -0.2) is 0 Å². The standard InChI is InChI=1S/C16H22N2O/c1-13-6-7-15(14(10-13)11-17)18-12-16(19)8-4-2-3-5-9-16/h6-7,10,18-19H,2-5,8-9,12H2,1H3. The lowest BCUT2D eigenvalue weighted by atomic mass is 9.94. The molecule has 0 amide bonds. The highest BCUT2D eigenvalue weighted by Gasteiger charge is 2.27. The maximum Gasteiger partial charge on any atom is 0.101 e. The fourth-order valence-corrected chi connectivity index (χ4v) is 2.73. The third-order valence-electron chi connectivity index (χ3n) is 3.94. The van der Waals surface area contributed by atoms with Crippen molar-refractivity contribution < 1.29 is 5.11 Å². The molecule has 0 atom stereocenters. The van der Waals surface area contributed by atoms with Crippen molar-refractivity contribution in [3.8, 4) is 6.07 Å². The van der Waals surface area contributed by atoms with Crippen molar-refractivity contribution in [2.24, 2.45) is 0 Å². The van der Waals surface area contributed by atoms with Gasteiger partial charge >= 0.3 is 0 Å². The Hall–Kier alpha value is -1.53. The van der Waals surface area contributed by atoms with E-state index in [4.69, 9.17) is 5.26 Å². The van der Waals surface area contributed by atoms with E-state index in [0.29, 0.717) is 12.1 Å². The molecule has 19 heavy (non-hydrogen) atoms. The quantitative estimate of drug-likeness (QED) is 0.817. The summed E-state index contributed by atoms with van der Waals surface area (Å²) in [5, 5.41) is 23.0. The maximum atomic E-state index is 10.6. The van der Waals surface area contributed by atoms with E-state index in [1.807, 2.05) is 25.1 Å². The van der Waals surface area contributed by atoms with Crippen LogP contribution in [0.3, 0.4) is 0 Å². The van der Waals surface area contributed by atoms with Gasteiger partial charge in [-0.2, -0.15) is 5.26 Å². The van der Waals surface area contributed by atoms with E-state index < -0.39 is 5.60 Å². The van der Waals surface area contributed by atoms with Crippen molar-refractivity contribution in [3.63, 3.8) is 0 Å². The SMILES string of the molecule is Cc1ccc(NCC2(O)CCCCCC2)c(C#N)c1. The van der Waals surface area contributed by atoms with Crippen molar-refractivity contribution in [3.05, 3.63) is 29.3 Å². The maximum absolute atomic E-state index is 10.6. The lowest BCUT2D eigenvalue weighted by Crippen LogP contribution is -2.36. The van der Waals surface area contributed by atoms with Gasteiger partial charge in [0.15, 0.2) is 0 Å². The fourth-order valence-electron chi connectivity index (χ4n) is 2.73. The molecule has 102 valence electrons. The van der Waals surface area contributed by atoms with Crippen LogP contribution >= 0.6 is 0 Å². The molecule has 0 spiro atoms. The second-order valence-corrected chi connectivity index (χ2v) is 5.65. The van der Waals surface area contributed by atoms with Crippen LogP contribution in [0.4, 0.5) is 5.69 Å². The fraction of sp³-hybridized carbons (Fsp3) is 0.562. The van der Waals surface area contributed by atoms with Crippen LogP contribution in [0.15, 0.2) is 18.2 Å². The number of hydrogen-bond donors (Lipinski definition) is 2. The van der Waals surface area contributed by atoms with Crippen molar-refractivity contribution in [1.82, 2.24) is 0 Å². The van der Waals surface area contributed by atoms with Gasteiger partial charge < -0.3 is 10.4 Å². The van der Waals surface area contributed by atoms with E-state index in [1.54, 1.807) is 0 Å². The highest BCUT2D eigenvalue weighted by atomic mass is 16.3. The zero-order valence-corrected chi connectivity index (χ0v) is 11.6. The Morgan fingerprint density at radius 1 is 1.26 bits per heavy atom. The van der Waals surface area contributed by atoms with E-state index in [9.17, 15) is 5.11 Å². The number of aryl methyl sites for hydroxylation is 1. The van der Waals surface area contributed by atoms with Gasteiger partial charge in [-0.15, -0.1) is 0 Å². The minimum atomic E-state index is -0.617. The van der Waals surface area contributed by atoms with Gasteiger partial charge in [0.1, 0.15) is 6.07 Å². The highest BCUT2D eigenvalue weighted by Crippen LogP contribution is 2.28. The first-order valence-corrected chi connectivity index (χ1v) is 7.10. The molecule has 0 saturated heterocycles. The predicted octanol–water partition coefficient (Wildman–Crippen LogP) is 3.36. The molecule has 2 rings (SSSR count). The molecule has 2 N–H and O–H groups in total. The van der Waals surface area contributed by atoms with Crippen molar-refractivity contribution in [1.29, 1.82) is 5.26 Å². The van der Waals surface area contributed by atoms with Crippen LogP contribution in [0.25, 0.3) is 0 Å². The number of aliphatic hydroxyl groups is 1. The second kappa shape index (κ2) is 6.08. The molecular formula is C16H22N2O. The number of hydrogen-bond acceptors (Lipinski definition) is 3. The molecule has 1 aromatic rings. The Balaban J connectivity index is 2.03. The zero-order valence-electron chi connectivity index (χ0n) is 11.6. The third-order valence-corrected chi connectivity index (χ3v) is 3.94. The van der Waals surface area contributed by atoms with Crippen molar-refractivity contribution in [2.45, 2.75) is 51.0 Å². The van der Waals surface area contributed by atoms with Gasteiger partial charge in [-0.05, 0) is 37.5 Å². The Kier molecular flexibility index (Phi) is 4.44. The number of nitriles is 1. The lowest BCUT2D eigenvalue weighted by molar-refractivity contribution is 0.0381. The van der Waals surface area contributed by atoms with Gasteiger partial charge in [0.05, 0.1) is 16.9 Å². The van der Waals surface area contributed by atoms with E-state index in [2.05, 4.69) is 11.4 Å². The molecular weight excluding hydrogens is 236 g/mol. The summed E-state index contributed by atoms with van der Waals surface area (Å²) in [6.45, 7) is 2.51. The Labute approximate surface area is 115 Å². The average Bonchev–Trinajstić information content (AvgIpc) is 2.62. The molecule has 1 aliphatic rings. The number of nitrogens with zero attached hydrogens (tertiary/aromatic N) is 1. The summed E-state index contributed by atoms with van der Waals surface area (Å²) in [5.41, 5.74) is 1.94. The molecule has 0 heterocycles. The minimum absolute atomic E-state index is 0.532. The van der Waals surface area contributed by atoms with Gasteiger partial charge in [0.25, 0.3) is 0 Å². The van der Waals surface area contributed by atoms with Crippen LogP contribution in [0.5, 0.6) is 0 Å². The molecule has 1 aliphatic carbocycles. The third kappa shape index (κ3) is 3.71. The predicted molar refractivity (Wildman–Crippen MR) is 77.0 cm³/mol. The summed E-state index contributed by atoms with van der Waals surface area (Å²) in [7, 11) is 0. The smallest absolute Gasteiger partial charge is 0.101 e. The topological polar surface area (TPSA) is 56.0 Å². The van der Waals surface area contributed by atoms with Gasteiger partial charge in [0, 0.05) is 6.54 Å². The highest BCUT2D eigenvalue weighted by molar-refractivity contribution is 5.58. The first-order chi connectivity index (χ1) is 9.13. The summed E-state index contributed by atoms with van der Waals surface area (Å²) in [4.78, 5) is 0. The summed E-state index contributed by atoms with van der Waals surface area (Å²) in [6, 6.07) is 7.99. The van der Waals surface area contributed by atoms with Crippen LogP contribution in [0.2, 0.25) is 0 Å².